The monoisotopic (exact) mass is 643 g/mol. The fourth-order valence-electron chi connectivity index (χ4n) is 4.24. The Morgan fingerprint density at radius 2 is 1.60 bits per heavy atom. The maximum absolute atomic E-state index is 12.1. The van der Waals surface area contributed by atoms with Crippen molar-refractivity contribution in [1.29, 1.82) is 0 Å². The number of aliphatic hydroxyl groups excluding tert-OH is 1. The molecule has 0 spiro atoms. The number of imidazole rings is 1. The van der Waals surface area contributed by atoms with E-state index in [9.17, 15) is 4.79 Å². The summed E-state index contributed by atoms with van der Waals surface area (Å²) in [5.41, 5.74) is 14.0. The number of hydrogen-bond acceptors (Lipinski definition) is 9. The fourth-order valence-corrected chi connectivity index (χ4v) is 4.24. The van der Waals surface area contributed by atoms with Gasteiger partial charge in [-0.3, -0.25) is 14.8 Å². The highest BCUT2D eigenvalue weighted by Crippen LogP contribution is 2.30. The van der Waals surface area contributed by atoms with Crippen molar-refractivity contribution in [3.05, 3.63) is 108 Å². The van der Waals surface area contributed by atoms with Gasteiger partial charge in [-0.2, -0.15) is 0 Å². The zero-order valence-electron chi connectivity index (χ0n) is 27.8. The molecule has 0 saturated heterocycles. The van der Waals surface area contributed by atoms with Crippen molar-refractivity contribution >= 4 is 23.2 Å². The number of aromatic nitrogens is 3. The number of nitrogens with two attached hydrogens (primary N) is 3. The van der Waals surface area contributed by atoms with Gasteiger partial charge in [0.25, 0.3) is 0 Å². The second-order valence-corrected chi connectivity index (χ2v) is 9.49. The highest BCUT2D eigenvalue weighted by atomic mass is 16.5. The van der Waals surface area contributed by atoms with E-state index in [2.05, 4.69) is 46.9 Å². The molecule has 5 aromatic rings. The molecule has 0 atom stereocenters. The van der Waals surface area contributed by atoms with Crippen molar-refractivity contribution in [2.24, 2.45) is 22.4 Å². The molecule has 5 rings (SSSR count). The minimum Gasteiger partial charge on any atom is -0.457 e. The van der Waals surface area contributed by atoms with E-state index in [4.69, 9.17) is 25.8 Å². The Labute approximate surface area is 277 Å². The summed E-state index contributed by atoms with van der Waals surface area (Å²) >= 11 is 0. The number of aryl methyl sites for hydroxylation is 2. The lowest BCUT2D eigenvalue weighted by molar-refractivity contribution is 0.0956. The van der Waals surface area contributed by atoms with E-state index < -0.39 is 0 Å². The zero-order chi connectivity index (χ0) is 34.9. The van der Waals surface area contributed by atoms with E-state index >= 15 is 0 Å². The smallest absolute Gasteiger partial charge is 0.165 e. The third-order valence-electron chi connectivity index (χ3n) is 6.41. The first kappa shape index (κ1) is 40.1. The number of para-hydroxylation sites is 1. The van der Waals surface area contributed by atoms with Crippen LogP contribution in [0.3, 0.4) is 0 Å². The number of carbonyl (C=O) groups is 1. The Hall–Kier alpha value is -4.94. The minimum atomic E-state index is -0.153. The predicted molar refractivity (Wildman–Crippen MR) is 191 cm³/mol. The molecule has 11 heteroatoms. The summed E-state index contributed by atoms with van der Waals surface area (Å²) in [6.07, 6.45) is 7.27. The number of nitrogens with zero attached hydrogens (tertiary/aromatic N) is 4. The SMILES string of the molecule is CCCN=CN.CCc1ccncc1.CCn1c(-c2cccc(Oc3ccccc3)c2)nc2cc(C(=O)CCO)ccc21.CN.NO. The molecule has 252 valence electrons. The number of rotatable bonds is 10. The van der Waals surface area contributed by atoms with Crippen LogP contribution >= 0.6 is 0 Å². The lowest BCUT2D eigenvalue weighted by atomic mass is 10.1. The van der Waals surface area contributed by atoms with Crippen LogP contribution in [0.25, 0.3) is 22.4 Å². The maximum atomic E-state index is 12.1. The number of aliphatic imine (C=N–C) groups is 1. The van der Waals surface area contributed by atoms with E-state index in [-0.39, 0.29) is 18.8 Å². The number of hydrogen-bond donors (Lipinski definition) is 5. The van der Waals surface area contributed by atoms with Crippen LogP contribution in [-0.2, 0) is 13.0 Å². The van der Waals surface area contributed by atoms with Crippen molar-refractivity contribution in [3.63, 3.8) is 0 Å². The van der Waals surface area contributed by atoms with Crippen molar-refractivity contribution in [2.45, 2.75) is 46.6 Å². The summed E-state index contributed by atoms with van der Waals surface area (Å²) in [4.78, 5) is 24.6. The first-order valence-electron chi connectivity index (χ1n) is 15.4. The minimum absolute atomic E-state index is 0.0831. The zero-order valence-corrected chi connectivity index (χ0v) is 27.8. The molecular formula is C36H49N7O4. The van der Waals surface area contributed by atoms with E-state index in [0.717, 1.165) is 59.9 Å². The molecule has 0 aliphatic heterocycles. The third kappa shape index (κ3) is 13.5. The topological polar surface area (TPSA) is 188 Å². The van der Waals surface area contributed by atoms with Gasteiger partial charge in [-0.15, -0.1) is 0 Å². The quantitative estimate of drug-likeness (QED) is 0.0525. The second kappa shape index (κ2) is 24.3. The van der Waals surface area contributed by atoms with Gasteiger partial charge < -0.3 is 31.1 Å². The standard InChI is InChI=1S/C24H22N2O3.C7H9N.C4H10N2.CH5N.H3NO/c1-2-26-22-12-11-17(23(28)13-14-27)16-21(22)25-24(26)18-7-6-10-20(15-18)29-19-8-4-3-5-9-19;1-2-7-3-5-8-6-4-7;1-2-3-6-4-5;2*1-2/h3-12,15-16,27H,2,13-14H2,1H3;3-6H,2H2,1H3;4H,2-3H2,1H3,(H2,5,6);2H2,1H3;2H,1H2. The normalized spacial score (nSPS) is 9.87. The molecule has 0 unspecified atom stereocenters. The number of aliphatic hydroxyl groups is 1. The number of Topliss-reactive ketones (excluding diaryl/α,β-unsaturated/α-hetero) is 1. The highest BCUT2D eigenvalue weighted by Gasteiger charge is 2.15. The van der Waals surface area contributed by atoms with Gasteiger partial charge in [-0.1, -0.05) is 44.2 Å². The summed E-state index contributed by atoms with van der Waals surface area (Å²) in [5, 5.41) is 15.5. The summed E-state index contributed by atoms with van der Waals surface area (Å²) in [7, 11) is 1.50. The van der Waals surface area contributed by atoms with Gasteiger partial charge in [-0.05, 0) is 87.0 Å². The van der Waals surface area contributed by atoms with Crippen molar-refractivity contribution in [1.82, 2.24) is 14.5 Å². The number of fused-ring (bicyclic) bond motifs is 1. The lowest BCUT2D eigenvalue weighted by Gasteiger charge is -2.09. The van der Waals surface area contributed by atoms with Gasteiger partial charge >= 0.3 is 0 Å². The summed E-state index contributed by atoms with van der Waals surface area (Å²) in [6, 6.07) is 27.1. The molecule has 2 heterocycles. The van der Waals surface area contributed by atoms with Crippen LogP contribution in [0.1, 0.15) is 49.5 Å². The summed E-state index contributed by atoms with van der Waals surface area (Å²) < 4.78 is 8.08. The van der Waals surface area contributed by atoms with Gasteiger partial charge in [0.1, 0.15) is 17.3 Å². The Balaban J connectivity index is 0.000000505. The van der Waals surface area contributed by atoms with E-state index in [0.29, 0.717) is 5.56 Å². The number of ether oxygens (including phenoxy) is 1. The van der Waals surface area contributed by atoms with Crippen molar-refractivity contribution in [3.8, 4) is 22.9 Å². The van der Waals surface area contributed by atoms with Crippen molar-refractivity contribution in [2.75, 3.05) is 20.2 Å². The fraction of sp³-hybridized carbons (Fsp3) is 0.278. The number of benzene rings is 3. The molecule has 0 bridgehead atoms. The Morgan fingerprint density at radius 1 is 0.915 bits per heavy atom. The van der Waals surface area contributed by atoms with Gasteiger partial charge in [0.05, 0.1) is 24.0 Å². The molecular weight excluding hydrogens is 594 g/mol. The van der Waals surface area contributed by atoms with Crippen molar-refractivity contribution < 1.29 is 19.8 Å². The number of ketones is 1. The first-order chi connectivity index (χ1) is 23.0. The Bertz CT molecular complexity index is 1580. The van der Waals surface area contributed by atoms with Gasteiger partial charge in [0.15, 0.2) is 5.78 Å². The summed E-state index contributed by atoms with van der Waals surface area (Å²) in [5.74, 6) is 5.76. The van der Waals surface area contributed by atoms with Gasteiger partial charge in [-0.25, -0.2) is 10.9 Å². The molecule has 0 amide bonds. The molecule has 0 radical (unpaired) electrons. The van der Waals surface area contributed by atoms with E-state index in [1.54, 1.807) is 12.1 Å². The van der Waals surface area contributed by atoms with E-state index in [1.165, 1.54) is 18.9 Å². The predicted octanol–water partition coefficient (Wildman–Crippen LogP) is 6.02. The summed E-state index contributed by atoms with van der Waals surface area (Å²) in [6.45, 7) is 7.72. The molecule has 0 fully saturated rings. The van der Waals surface area contributed by atoms with Gasteiger partial charge in [0.2, 0.25) is 0 Å². The first-order valence-corrected chi connectivity index (χ1v) is 15.4. The van der Waals surface area contributed by atoms with Crippen LogP contribution in [0.4, 0.5) is 0 Å². The van der Waals surface area contributed by atoms with Crippen LogP contribution < -0.4 is 22.1 Å². The van der Waals surface area contributed by atoms with Crippen LogP contribution in [-0.4, -0.2) is 57.2 Å². The second-order valence-electron chi connectivity index (χ2n) is 9.49. The van der Waals surface area contributed by atoms with Crippen LogP contribution in [0.15, 0.2) is 102 Å². The number of carbonyl (C=O) groups excluding carboxylic acids is 1. The maximum Gasteiger partial charge on any atom is 0.165 e. The molecule has 3 aromatic carbocycles. The third-order valence-corrected chi connectivity index (χ3v) is 6.41. The highest BCUT2D eigenvalue weighted by molar-refractivity contribution is 5.99. The molecule has 8 N–H and O–H groups in total. The van der Waals surface area contributed by atoms with Crippen LogP contribution in [0.2, 0.25) is 0 Å². The largest absolute Gasteiger partial charge is 0.457 e. The average Bonchev–Trinajstić information content (AvgIpc) is 3.52. The van der Waals surface area contributed by atoms with Crippen LogP contribution in [0, 0.1) is 0 Å². The average molecular weight is 644 g/mol. The Morgan fingerprint density at radius 3 is 2.15 bits per heavy atom. The van der Waals surface area contributed by atoms with E-state index in [1.807, 2.05) is 85.2 Å². The molecule has 11 nitrogen and oxygen atoms in total. The molecule has 0 aliphatic carbocycles. The number of pyridine rings is 1. The lowest BCUT2D eigenvalue weighted by Crippen LogP contribution is -2.01. The molecule has 47 heavy (non-hydrogen) atoms. The molecule has 2 aromatic heterocycles. The van der Waals surface area contributed by atoms with Crippen LogP contribution in [0.5, 0.6) is 11.5 Å². The van der Waals surface area contributed by atoms with Gasteiger partial charge in [0, 0.05) is 43.0 Å². The molecule has 0 aliphatic rings. The molecule has 0 saturated carbocycles. The Kier molecular flexibility index (Phi) is 20.7.